The van der Waals surface area contributed by atoms with Crippen LogP contribution in [0.2, 0.25) is 0 Å². The third kappa shape index (κ3) is 2.51. The first kappa shape index (κ1) is 13.3. The maximum atomic E-state index is 12.6. The quantitative estimate of drug-likeness (QED) is 0.795. The minimum absolute atomic E-state index is 0.00406. The smallest absolute Gasteiger partial charge is 0.196 e. The molecule has 19 heavy (non-hydrogen) atoms. The van der Waals surface area contributed by atoms with Crippen LogP contribution in [0.4, 0.5) is 13.2 Å². The third-order valence-corrected chi connectivity index (χ3v) is 2.57. The number of nitriles is 1. The van der Waals surface area contributed by atoms with Crippen molar-refractivity contribution in [3.8, 4) is 11.8 Å². The van der Waals surface area contributed by atoms with Gasteiger partial charge in [-0.05, 0) is 28.6 Å². The number of benzene rings is 1. The average Bonchev–Trinajstić information content (AvgIpc) is 2.85. The summed E-state index contributed by atoms with van der Waals surface area (Å²) in [6.07, 6.45) is -4.58. The van der Waals surface area contributed by atoms with Crippen LogP contribution in [-0.4, -0.2) is 20.2 Å². The molecule has 0 spiro atoms. The highest BCUT2D eigenvalue weighted by molar-refractivity contribution is 6.16. The Morgan fingerprint density at radius 2 is 2.11 bits per heavy atom. The minimum atomic E-state index is -4.58. The molecule has 1 aromatic carbocycles. The van der Waals surface area contributed by atoms with E-state index in [1.807, 2.05) is 0 Å². The lowest BCUT2D eigenvalue weighted by molar-refractivity contribution is -0.137. The molecule has 5 nitrogen and oxygen atoms in total. The summed E-state index contributed by atoms with van der Waals surface area (Å²) >= 11 is 5.59. The average molecular weight is 288 g/mol. The summed E-state index contributed by atoms with van der Waals surface area (Å²) in [5.41, 5.74) is -1.26. The van der Waals surface area contributed by atoms with Crippen LogP contribution in [0.15, 0.2) is 18.2 Å². The first-order valence-electron chi connectivity index (χ1n) is 4.92. The van der Waals surface area contributed by atoms with E-state index in [-0.39, 0.29) is 17.4 Å². The molecule has 0 atom stereocenters. The molecule has 0 aliphatic carbocycles. The van der Waals surface area contributed by atoms with Gasteiger partial charge in [0.1, 0.15) is 0 Å². The molecule has 0 saturated carbocycles. The van der Waals surface area contributed by atoms with Crippen LogP contribution in [0.1, 0.15) is 17.0 Å². The fourth-order valence-corrected chi connectivity index (χ4v) is 1.66. The van der Waals surface area contributed by atoms with Crippen LogP contribution in [0, 0.1) is 11.3 Å². The summed E-state index contributed by atoms with van der Waals surface area (Å²) in [5.74, 6) is 0.265. The molecule has 1 aromatic heterocycles. The molecule has 0 radical (unpaired) electrons. The van der Waals surface area contributed by atoms with E-state index in [4.69, 9.17) is 16.9 Å². The van der Waals surface area contributed by atoms with Gasteiger partial charge in [0.15, 0.2) is 5.82 Å². The maximum absolute atomic E-state index is 12.6. The van der Waals surface area contributed by atoms with Crippen LogP contribution in [0.5, 0.6) is 0 Å². The van der Waals surface area contributed by atoms with Crippen molar-refractivity contribution in [2.45, 2.75) is 12.1 Å². The van der Waals surface area contributed by atoms with Crippen molar-refractivity contribution in [3.63, 3.8) is 0 Å². The molecular formula is C10H5ClF3N5. The standard InChI is InChI=1S/C10H5ClF3N5/c11-4-9-16-17-18-19(9)7-1-2-8(10(12,13)14)6(3-7)5-15/h1-3H,4H2. The molecule has 0 aliphatic heterocycles. The van der Waals surface area contributed by atoms with Gasteiger partial charge >= 0.3 is 6.18 Å². The molecule has 1 heterocycles. The SMILES string of the molecule is N#Cc1cc(-n2nnnc2CCl)ccc1C(F)(F)F. The molecule has 98 valence electrons. The zero-order valence-electron chi connectivity index (χ0n) is 9.19. The Morgan fingerprint density at radius 1 is 1.37 bits per heavy atom. The predicted octanol–water partition coefficient (Wildman–Crippen LogP) is 2.29. The molecule has 9 heteroatoms. The van der Waals surface area contributed by atoms with Gasteiger partial charge in [0.2, 0.25) is 0 Å². The second kappa shape index (κ2) is 4.85. The van der Waals surface area contributed by atoms with Gasteiger partial charge in [0.05, 0.1) is 28.8 Å². The molecule has 2 aromatic rings. The van der Waals surface area contributed by atoms with Crippen molar-refractivity contribution in [1.82, 2.24) is 20.2 Å². The summed E-state index contributed by atoms with van der Waals surface area (Å²) in [6.45, 7) is 0. The number of rotatable bonds is 2. The summed E-state index contributed by atoms with van der Waals surface area (Å²) in [5, 5.41) is 19.4. The minimum Gasteiger partial charge on any atom is -0.196 e. The maximum Gasteiger partial charge on any atom is 0.417 e. The molecule has 0 bridgehead atoms. The highest BCUT2D eigenvalue weighted by atomic mass is 35.5. The van der Waals surface area contributed by atoms with Gasteiger partial charge in [-0.25, -0.2) is 0 Å². The van der Waals surface area contributed by atoms with Gasteiger partial charge in [-0.15, -0.1) is 16.7 Å². The van der Waals surface area contributed by atoms with Crippen LogP contribution in [0.25, 0.3) is 5.69 Å². The van der Waals surface area contributed by atoms with E-state index >= 15 is 0 Å². The summed E-state index contributed by atoms with van der Waals surface area (Å²) < 4.78 is 39.1. The molecule has 2 rings (SSSR count). The molecular weight excluding hydrogens is 283 g/mol. The fraction of sp³-hybridized carbons (Fsp3) is 0.200. The summed E-state index contributed by atoms with van der Waals surface area (Å²) in [7, 11) is 0. The number of halogens is 4. The van der Waals surface area contributed by atoms with Gasteiger partial charge < -0.3 is 0 Å². The van der Waals surface area contributed by atoms with Crippen LogP contribution in [0.3, 0.4) is 0 Å². The fourth-order valence-electron chi connectivity index (χ4n) is 1.49. The van der Waals surface area contributed by atoms with Crippen LogP contribution < -0.4 is 0 Å². The largest absolute Gasteiger partial charge is 0.417 e. The van der Waals surface area contributed by atoms with Gasteiger partial charge in [0, 0.05) is 0 Å². The Bertz CT molecular complexity index is 643. The van der Waals surface area contributed by atoms with Crippen molar-refractivity contribution in [3.05, 3.63) is 35.2 Å². The monoisotopic (exact) mass is 287 g/mol. The Morgan fingerprint density at radius 3 is 2.68 bits per heavy atom. The van der Waals surface area contributed by atoms with E-state index in [1.165, 1.54) is 16.8 Å². The van der Waals surface area contributed by atoms with Gasteiger partial charge in [-0.3, -0.25) is 0 Å². The third-order valence-electron chi connectivity index (χ3n) is 2.33. The Balaban J connectivity index is 2.55. The van der Waals surface area contributed by atoms with E-state index in [9.17, 15) is 13.2 Å². The summed E-state index contributed by atoms with van der Waals surface area (Å²) in [4.78, 5) is 0. The number of hydrogen-bond acceptors (Lipinski definition) is 4. The van der Waals surface area contributed by atoms with Crippen molar-refractivity contribution in [2.75, 3.05) is 0 Å². The lowest BCUT2D eigenvalue weighted by atomic mass is 10.1. The van der Waals surface area contributed by atoms with Gasteiger partial charge in [0.25, 0.3) is 0 Å². The van der Waals surface area contributed by atoms with Crippen LogP contribution >= 0.6 is 11.6 Å². The van der Waals surface area contributed by atoms with Crippen molar-refractivity contribution < 1.29 is 13.2 Å². The second-order valence-corrected chi connectivity index (χ2v) is 3.75. The second-order valence-electron chi connectivity index (χ2n) is 3.48. The topological polar surface area (TPSA) is 67.4 Å². The molecule has 0 amide bonds. The number of tetrazole rings is 1. The van der Waals surface area contributed by atoms with Crippen LogP contribution in [-0.2, 0) is 12.1 Å². The number of hydrogen-bond donors (Lipinski definition) is 0. The molecule has 0 N–H and O–H groups in total. The van der Waals surface area contributed by atoms with E-state index < -0.39 is 17.3 Å². The van der Waals surface area contributed by atoms with Crippen molar-refractivity contribution in [1.29, 1.82) is 5.26 Å². The lowest BCUT2D eigenvalue weighted by Gasteiger charge is -2.10. The normalized spacial score (nSPS) is 11.3. The number of aromatic nitrogens is 4. The van der Waals surface area contributed by atoms with E-state index in [1.54, 1.807) is 0 Å². The Kier molecular flexibility index (Phi) is 3.40. The van der Waals surface area contributed by atoms with Gasteiger partial charge in [-0.2, -0.15) is 23.1 Å². The first-order valence-corrected chi connectivity index (χ1v) is 5.45. The number of alkyl halides is 4. The zero-order chi connectivity index (χ0) is 14.0. The Labute approximate surface area is 110 Å². The van der Waals surface area contributed by atoms with E-state index in [0.29, 0.717) is 0 Å². The van der Waals surface area contributed by atoms with E-state index in [0.717, 1.165) is 12.1 Å². The highest BCUT2D eigenvalue weighted by Crippen LogP contribution is 2.32. The first-order chi connectivity index (χ1) is 8.97. The van der Waals surface area contributed by atoms with Crippen molar-refractivity contribution >= 4 is 11.6 Å². The zero-order valence-corrected chi connectivity index (χ0v) is 9.94. The highest BCUT2D eigenvalue weighted by Gasteiger charge is 2.33. The molecule has 0 saturated heterocycles. The molecule has 0 fully saturated rings. The van der Waals surface area contributed by atoms with E-state index in [2.05, 4.69) is 15.5 Å². The summed E-state index contributed by atoms with van der Waals surface area (Å²) in [6, 6.07) is 4.56. The molecule has 0 unspecified atom stereocenters. The molecule has 0 aliphatic rings. The van der Waals surface area contributed by atoms with Crippen molar-refractivity contribution in [2.24, 2.45) is 0 Å². The van der Waals surface area contributed by atoms with Gasteiger partial charge in [-0.1, -0.05) is 0 Å². The predicted molar refractivity (Wildman–Crippen MR) is 58.4 cm³/mol. The lowest BCUT2D eigenvalue weighted by Crippen LogP contribution is -2.09. The Hall–Kier alpha value is -2.14. The number of nitrogens with zero attached hydrogens (tertiary/aromatic N) is 5.